The lowest BCUT2D eigenvalue weighted by Gasteiger charge is -2.45. The standard InChI is InChI=1S/C12H23NO/c1-3-11-4-7-12(8-5-11)13-10(2)6-9-14-12/h10-11,13H,3-9H2,1-2H3. The zero-order valence-electron chi connectivity index (χ0n) is 9.51. The number of ether oxygens (including phenoxy) is 1. The summed E-state index contributed by atoms with van der Waals surface area (Å²) in [6.45, 7) is 5.53. The van der Waals surface area contributed by atoms with Gasteiger partial charge in [0.1, 0.15) is 5.72 Å². The summed E-state index contributed by atoms with van der Waals surface area (Å²) < 4.78 is 5.96. The Kier molecular flexibility index (Phi) is 3.13. The minimum atomic E-state index is 0.0589. The fourth-order valence-corrected chi connectivity index (χ4v) is 2.83. The van der Waals surface area contributed by atoms with Crippen LogP contribution >= 0.6 is 0 Å². The molecule has 2 heteroatoms. The molecule has 0 aromatic rings. The first-order valence-corrected chi connectivity index (χ1v) is 6.16. The minimum absolute atomic E-state index is 0.0589. The van der Waals surface area contributed by atoms with Crippen LogP contribution in [0, 0.1) is 5.92 Å². The van der Waals surface area contributed by atoms with Crippen molar-refractivity contribution in [3.8, 4) is 0 Å². The summed E-state index contributed by atoms with van der Waals surface area (Å²) >= 11 is 0. The first kappa shape index (κ1) is 10.4. The summed E-state index contributed by atoms with van der Waals surface area (Å²) in [5.41, 5.74) is 0.0589. The molecule has 0 radical (unpaired) electrons. The molecule has 82 valence electrons. The Balaban J connectivity index is 1.91. The normalized spacial score (nSPS) is 44.1. The molecule has 1 atom stereocenters. The molecule has 2 nitrogen and oxygen atoms in total. The van der Waals surface area contributed by atoms with Crippen molar-refractivity contribution in [1.82, 2.24) is 5.32 Å². The molecule has 2 rings (SSSR count). The summed E-state index contributed by atoms with van der Waals surface area (Å²) in [4.78, 5) is 0. The van der Waals surface area contributed by atoms with Crippen molar-refractivity contribution >= 4 is 0 Å². The van der Waals surface area contributed by atoms with Gasteiger partial charge in [0.25, 0.3) is 0 Å². The molecule has 1 aliphatic heterocycles. The van der Waals surface area contributed by atoms with E-state index in [1.807, 2.05) is 0 Å². The van der Waals surface area contributed by atoms with Gasteiger partial charge >= 0.3 is 0 Å². The largest absolute Gasteiger partial charge is 0.361 e. The molecule has 0 bridgehead atoms. The van der Waals surface area contributed by atoms with Crippen molar-refractivity contribution in [2.45, 2.75) is 64.1 Å². The fourth-order valence-electron chi connectivity index (χ4n) is 2.83. The van der Waals surface area contributed by atoms with Crippen molar-refractivity contribution < 1.29 is 4.74 Å². The van der Waals surface area contributed by atoms with Gasteiger partial charge in [0.15, 0.2) is 0 Å². The van der Waals surface area contributed by atoms with Gasteiger partial charge in [-0.3, -0.25) is 5.32 Å². The van der Waals surface area contributed by atoms with Gasteiger partial charge in [0.2, 0.25) is 0 Å². The van der Waals surface area contributed by atoms with Gasteiger partial charge in [-0.2, -0.15) is 0 Å². The molecule has 1 unspecified atom stereocenters. The van der Waals surface area contributed by atoms with Crippen LogP contribution < -0.4 is 5.32 Å². The van der Waals surface area contributed by atoms with E-state index in [9.17, 15) is 0 Å². The van der Waals surface area contributed by atoms with Gasteiger partial charge in [0, 0.05) is 6.04 Å². The first-order valence-electron chi connectivity index (χ1n) is 6.16. The molecule has 0 aromatic carbocycles. The van der Waals surface area contributed by atoms with Crippen molar-refractivity contribution in [2.24, 2.45) is 5.92 Å². The van der Waals surface area contributed by atoms with Crippen LogP contribution in [0.2, 0.25) is 0 Å². The maximum Gasteiger partial charge on any atom is 0.119 e. The van der Waals surface area contributed by atoms with Gasteiger partial charge in [-0.05, 0) is 44.9 Å². The van der Waals surface area contributed by atoms with E-state index in [4.69, 9.17) is 4.74 Å². The van der Waals surface area contributed by atoms with E-state index in [-0.39, 0.29) is 5.72 Å². The lowest BCUT2D eigenvalue weighted by molar-refractivity contribution is -0.134. The summed E-state index contributed by atoms with van der Waals surface area (Å²) in [6, 6.07) is 0.641. The van der Waals surface area contributed by atoms with Crippen LogP contribution in [0.15, 0.2) is 0 Å². The van der Waals surface area contributed by atoms with E-state index in [0.717, 1.165) is 12.5 Å². The Morgan fingerprint density at radius 2 is 2.00 bits per heavy atom. The number of hydrogen-bond donors (Lipinski definition) is 1. The second-order valence-electron chi connectivity index (χ2n) is 5.03. The molecule has 0 amide bonds. The monoisotopic (exact) mass is 197 g/mol. The van der Waals surface area contributed by atoms with Crippen LogP contribution in [0.4, 0.5) is 0 Å². The maximum atomic E-state index is 5.96. The third-order valence-corrected chi connectivity index (χ3v) is 3.93. The van der Waals surface area contributed by atoms with Gasteiger partial charge in [-0.25, -0.2) is 0 Å². The van der Waals surface area contributed by atoms with Gasteiger partial charge in [-0.1, -0.05) is 13.3 Å². The summed E-state index contributed by atoms with van der Waals surface area (Å²) in [6.07, 6.45) is 7.63. The Morgan fingerprint density at radius 3 is 2.57 bits per heavy atom. The number of rotatable bonds is 1. The van der Waals surface area contributed by atoms with E-state index < -0.39 is 0 Å². The lowest BCUT2D eigenvalue weighted by atomic mass is 9.81. The topological polar surface area (TPSA) is 21.3 Å². The van der Waals surface area contributed by atoms with Gasteiger partial charge in [0.05, 0.1) is 6.61 Å². The molecule has 0 aromatic heterocycles. The third-order valence-electron chi connectivity index (χ3n) is 3.93. The van der Waals surface area contributed by atoms with E-state index in [1.165, 1.54) is 38.5 Å². The highest BCUT2D eigenvalue weighted by Gasteiger charge is 2.38. The Labute approximate surface area is 87.4 Å². The van der Waals surface area contributed by atoms with Crippen LogP contribution in [-0.2, 0) is 4.74 Å². The lowest BCUT2D eigenvalue weighted by Crippen LogP contribution is -2.57. The van der Waals surface area contributed by atoms with Crippen molar-refractivity contribution in [3.05, 3.63) is 0 Å². The molecule has 14 heavy (non-hydrogen) atoms. The van der Waals surface area contributed by atoms with Crippen LogP contribution in [0.25, 0.3) is 0 Å². The molecule has 1 heterocycles. The summed E-state index contributed by atoms with van der Waals surface area (Å²) in [7, 11) is 0. The van der Waals surface area contributed by atoms with Crippen molar-refractivity contribution in [3.63, 3.8) is 0 Å². The Bertz CT molecular complexity index is 185. The quantitative estimate of drug-likeness (QED) is 0.698. The third kappa shape index (κ3) is 2.12. The van der Waals surface area contributed by atoms with Crippen molar-refractivity contribution in [1.29, 1.82) is 0 Å². The van der Waals surface area contributed by atoms with E-state index in [1.54, 1.807) is 0 Å². The average molecular weight is 197 g/mol. The predicted octanol–water partition coefficient (Wildman–Crippen LogP) is 2.68. The zero-order chi connectivity index (χ0) is 10.0. The minimum Gasteiger partial charge on any atom is -0.361 e. The number of hydrogen-bond acceptors (Lipinski definition) is 2. The highest BCUT2D eigenvalue weighted by atomic mass is 16.5. The van der Waals surface area contributed by atoms with E-state index in [0.29, 0.717) is 6.04 Å². The zero-order valence-corrected chi connectivity index (χ0v) is 9.51. The highest BCUT2D eigenvalue weighted by Crippen LogP contribution is 2.36. The molecular formula is C12H23NO. The molecule has 2 aliphatic rings. The SMILES string of the molecule is CCC1CCC2(CC1)NC(C)CCO2. The average Bonchev–Trinajstić information content (AvgIpc) is 2.19. The van der Waals surface area contributed by atoms with E-state index in [2.05, 4.69) is 19.2 Å². The molecule has 1 spiro atoms. The Morgan fingerprint density at radius 1 is 1.29 bits per heavy atom. The molecule has 1 N–H and O–H groups in total. The van der Waals surface area contributed by atoms with Crippen molar-refractivity contribution in [2.75, 3.05) is 6.61 Å². The van der Waals surface area contributed by atoms with Crippen LogP contribution in [0.3, 0.4) is 0 Å². The van der Waals surface area contributed by atoms with Crippen LogP contribution in [0.5, 0.6) is 0 Å². The second-order valence-corrected chi connectivity index (χ2v) is 5.03. The first-order chi connectivity index (χ1) is 6.74. The second kappa shape index (κ2) is 4.19. The molecule has 1 saturated carbocycles. The Hall–Kier alpha value is -0.0800. The molecule has 1 saturated heterocycles. The molecule has 1 aliphatic carbocycles. The molecule has 2 fully saturated rings. The van der Waals surface area contributed by atoms with Gasteiger partial charge in [-0.15, -0.1) is 0 Å². The maximum absolute atomic E-state index is 5.96. The smallest absolute Gasteiger partial charge is 0.119 e. The number of nitrogens with one attached hydrogen (secondary N) is 1. The summed E-state index contributed by atoms with van der Waals surface area (Å²) in [5, 5.41) is 3.65. The highest BCUT2D eigenvalue weighted by molar-refractivity contribution is 4.89. The van der Waals surface area contributed by atoms with E-state index >= 15 is 0 Å². The predicted molar refractivity (Wildman–Crippen MR) is 58.1 cm³/mol. The fraction of sp³-hybridized carbons (Fsp3) is 1.00. The van der Waals surface area contributed by atoms with Crippen LogP contribution in [0.1, 0.15) is 52.4 Å². The molecular weight excluding hydrogens is 174 g/mol. The van der Waals surface area contributed by atoms with Crippen LogP contribution in [-0.4, -0.2) is 18.4 Å². The summed E-state index contributed by atoms with van der Waals surface area (Å²) in [5.74, 6) is 0.947. The van der Waals surface area contributed by atoms with Gasteiger partial charge < -0.3 is 4.74 Å².